The second kappa shape index (κ2) is 16.6. The van der Waals surface area contributed by atoms with Crippen LogP contribution >= 0.6 is 30.1 Å². The van der Waals surface area contributed by atoms with Gasteiger partial charge in [0.15, 0.2) is 0 Å². The van der Waals surface area contributed by atoms with E-state index in [4.69, 9.17) is 4.74 Å². The fourth-order valence-electron chi connectivity index (χ4n) is 0.403. The van der Waals surface area contributed by atoms with Gasteiger partial charge >= 0.3 is 0 Å². The summed E-state index contributed by atoms with van der Waals surface area (Å²) in [5.41, 5.74) is 0. The van der Waals surface area contributed by atoms with Gasteiger partial charge in [-0.15, -0.1) is 0 Å². The van der Waals surface area contributed by atoms with Crippen molar-refractivity contribution in [2.24, 2.45) is 0 Å². The molecule has 0 aliphatic heterocycles. The number of unbranched alkanes of at least 4 members (excludes halogenated alkanes) is 1. The smallest absolute Gasteiger partial charge is 0.0462 e. The third kappa shape index (κ3) is 16.0. The second-order valence-corrected chi connectivity index (χ2v) is 4.01. The lowest BCUT2D eigenvalue weighted by atomic mass is 10.4. The van der Waals surface area contributed by atoms with Crippen LogP contribution in [0.15, 0.2) is 0 Å². The van der Waals surface area contributed by atoms with Crippen molar-refractivity contribution in [1.29, 1.82) is 0 Å². The lowest BCUT2D eigenvalue weighted by molar-refractivity contribution is 0.194. The van der Waals surface area contributed by atoms with Crippen molar-refractivity contribution in [3.8, 4) is 0 Å². The van der Waals surface area contributed by atoms with Crippen LogP contribution in [0.5, 0.6) is 0 Å². The molecule has 0 radical (unpaired) electrons. The summed E-state index contributed by atoms with van der Waals surface area (Å²) in [7, 11) is 3.61. The fourth-order valence-corrected chi connectivity index (χ4v) is 1.65. The molecular formula is C7H17IOS. The highest BCUT2D eigenvalue weighted by Crippen LogP contribution is 2.12. The summed E-state index contributed by atoms with van der Waals surface area (Å²) in [4.78, 5) is 0. The first-order valence-corrected chi connectivity index (χ1v) is 7.17. The van der Waals surface area contributed by atoms with Gasteiger partial charge in [0, 0.05) is 19.5 Å². The number of methoxy groups -OCH3 is 1. The van der Waals surface area contributed by atoms with Gasteiger partial charge in [0.1, 0.15) is 0 Å². The molecule has 0 spiro atoms. The second-order valence-electron chi connectivity index (χ2n) is 1.51. The van der Waals surface area contributed by atoms with Gasteiger partial charge in [-0.05, 0) is 34.0 Å². The van der Waals surface area contributed by atoms with Crippen LogP contribution in [0.3, 0.4) is 0 Å². The molecule has 0 heterocycles. The van der Waals surface area contributed by atoms with Crippen molar-refractivity contribution in [3.63, 3.8) is 0 Å². The average molecular weight is 276 g/mol. The zero-order valence-corrected chi connectivity index (χ0v) is 10.00. The summed E-state index contributed by atoms with van der Waals surface area (Å²) in [5, 5.41) is 0. The van der Waals surface area contributed by atoms with Gasteiger partial charge in [0.2, 0.25) is 0 Å². The van der Waals surface area contributed by atoms with Crippen LogP contribution in [0.25, 0.3) is 0 Å². The molecule has 64 valence electrons. The molecule has 0 atom stereocenters. The van der Waals surface area contributed by atoms with E-state index in [0.717, 1.165) is 6.61 Å². The highest BCUT2D eigenvalue weighted by molar-refractivity contribution is 14.2. The summed E-state index contributed by atoms with van der Waals surface area (Å²) in [6, 6.07) is 0. The molecule has 0 bridgehead atoms. The average Bonchev–Trinajstić information content (AvgIpc) is 2.02. The lowest BCUT2D eigenvalue weighted by Gasteiger charge is -1.94. The fraction of sp³-hybridized carbons (Fsp3) is 1.00. The molecule has 0 fully saturated rings. The molecule has 0 amide bonds. The van der Waals surface area contributed by atoms with Crippen LogP contribution < -0.4 is 0 Å². The summed E-state index contributed by atoms with van der Waals surface area (Å²) in [6.07, 6.45) is 2.48. The van der Waals surface area contributed by atoms with Gasteiger partial charge in [0.25, 0.3) is 0 Å². The predicted molar refractivity (Wildman–Crippen MR) is 58.9 cm³/mol. The molecule has 0 N–H and O–H groups in total. The summed E-state index contributed by atoms with van der Waals surface area (Å²) >= 11 is 2.32. The molecule has 0 aliphatic carbocycles. The lowest BCUT2D eigenvalue weighted by Crippen LogP contribution is -1.88. The number of ether oxygens (including phenoxy) is 1. The van der Waals surface area contributed by atoms with Crippen molar-refractivity contribution in [2.45, 2.75) is 26.7 Å². The van der Waals surface area contributed by atoms with Crippen molar-refractivity contribution >= 4 is 30.1 Å². The standard InChI is InChI=1S/C5H11IOS.C2H6/c1-7-4-2-3-5-8-6;1-2/h2-5H2,1H3;1-2H3. The minimum absolute atomic E-state index is 0.914. The topological polar surface area (TPSA) is 9.23 Å². The molecule has 0 aromatic carbocycles. The Morgan fingerprint density at radius 3 is 2.30 bits per heavy atom. The Kier molecular flexibility index (Phi) is 22.5. The first-order valence-electron chi connectivity index (χ1n) is 3.64. The Morgan fingerprint density at radius 1 is 1.30 bits per heavy atom. The number of hydrogen-bond donors (Lipinski definition) is 0. The van der Waals surface area contributed by atoms with Crippen LogP contribution in [-0.2, 0) is 4.74 Å². The highest BCUT2D eigenvalue weighted by Gasteiger charge is 1.84. The quantitative estimate of drug-likeness (QED) is 0.561. The molecule has 10 heavy (non-hydrogen) atoms. The highest BCUT2D eigenvalue weighted by atomic mass is 127. The van der Waals surface area contributed by atoms with Gasteiger partial charge in [0.05, 0.1) is 0 Å². The molecule has 0 saturated heterocycles. The van der Waals surface area contributed by atoms with Gasteiger partial charge in [-0.1, -0.05) is 22.8 Å². The largest absolute Gasteiger partial charge is 0.385 e. The molecule has 0 saturated carbocycles. The Hall–Kier alpha value is 1.04. The zero-order chi connectivity index (χ0) is 8.24. The SMILES string of the molecule is CC.COCCCCSI. The van der Waals surface area contributed by atoms with Gasteiger partial charge in [-0.25, -0.2) is 0 Å². The van der Waals surface area contributed by atoms with E-state index in [1.54, 1.807) is 7.11 Å². The molecule has 3 heteroatoms. The molecule has 0 aromatic heterocycles. The third-order valence-corrected chi connectivity index (χ3v) is 2.58. The van der Waals surface area contributed by atoms with Crippen LogP contribution in [0, 0.1) is 0 Å². The van der Waals surface area contributed by atoms with E-state index < -0.39 is 0 Å². The maximum absolute atomic E-state index is 4.88. The zero-order valence-electron chi connectivity index (χ0n) is 7.02. The third-order valence-electron chi connectivity index (χ3n) is 0.820. The van der Waals surface area contributed by atoms with Crippen LogP contribution in [0.2, 0.25) is 0 Å². The summed E-state index contributed by atoms with van der Waals surface area (Å²) in [6.45, 7) is 4.91. The molecular weight excluding hydrogens is 259 g/mol. The van der Waals surface area contributed by atoms with E-state index >= 15 is 0 Å². The number of rotatable bonds is 5. The molecule has 0 unspecified atom stereocenters. The minimum Gasteiger partial charge on any atom is -0.385 e. The van der Waals surface area contributed by atoms with Crippen LogP contribution in [0.1, 0.15) is 26.7 Å². The van der Waals surface area contributed by atoms with E-state index in [1.165, 1.54) is 18.6 Å². The monoisotopic (exact) mass is 276 g/mol. The van der Waals surface area contributed by atoms with Crippen molar-refractivity contribution in [3.05, 3.63) is 0 Å². The first-order chi connectivity index (χ1) is 4.91. The van der Waals surface area contributed by atoms with E-state index in [-0.39, 0.29) is 0 Å². The predicted octanol–water partition coefficient (Wildman–Crippen LogP) is 3.52. The number of hydrogen-bond acceptors (Lipinski definition) is 2. The number of halogens is 1. The summed E-state index contributed by atoms with van der Waals surface area (Å²) < 4.78 is 4.88. The van der Waals surface area contributed by atoms with E-state index in [2.05, 4.69) is 21.2 Å². The first kappa shape index (κ1) is 13.6. The van der Waals surface area contributed by atoms with Crippen LogP contribution in [0.4, 0.5) is 0 Å². The minimum atomic E-state index is 0.914. The Bertz CT molecular complexity index is 38.6. The van der Waals surface area contributed by atoms with Crippen molar-refractivity contribution < 1.29 is 4.74 Å². The van der Waals surface area contributed by atoms with E-state index in [9.17, 15) is 0 Å². The maximum Gasteiger partial charge on any atom is 0.0462 e. The molecule has 0 aromatic rings. The Balaban J connectivity index is 0. The maximum atomic E-state index is 4.88. The van der Waals surface area contributed by atoms with Crippen molar-refractivity contribution in [2.75, 3.05) is 19.5 Å². The normalized spacial score (nSPS) is 8.40. The van der Waals surface area contributed by atoms with Gasteiger partial charge in [-0.2, -0.15) is 0 Å². The Labute approximate surface area is 80.9 Å². The van der Waals surface area contributed by atoms with Gasteiger partial charge < -0.3 is 4.74 Å². The van der Waals surface area contributed by atoms with Crippen LogP contribution in [-0.4, -0.2) is 19.5 Å². The van der Waals surface area contributed by atoms with Gasteiger partial charge in [-0.3, -0.25) is 0 Å². The van der Waals surface area contributed by atoms with E-state index in [1.807, 2.05) is 22.8 Å². The van der Waals surface area contributed by atoms with Crippen molar-refractivity contribution in [1.82, 2.24) is 0 Å². The van der Waals surface area contributed by atoms with E-state index in [0.29, 0.717) is 0 Å². The Morgan fingerprint density at radius 2 is 1.90 bits per heavy atom. The molecule has 0 aliphatic rings. The molecule has 1 nitrogen and oxygen atoms in total. The molecule has 0 rings (SSSR count). The summed E-state index contributed by atoms with van der Waals surface area (Å²) in [5.74, 6) is 1.25.